The molecule has 0 spiro atoms. The zero-order valence-electron chi connectivity index (χ0n) is 14.8. The zero-order valence-corrected chi connectivity index (χ0v) is 15.6. The molecule has 0 aliphatic heterocycles. The van der Waals surface area contributed by atoms with Crippen LogP contribution in [0.15, 0.2) is 53.6 Å². The molecule has 2 aromatic carbocycles. The number of amides is 1. The molecule has 4 rings (SSSR count). The lowest BCUT2D eigenvalue weighted by atomic mass is 10.2. The summed E-state index contributed by atoms with van der Waals surface area (Å²) in [4.78, 5) is 33.4. The lowest BCUT2D eigenvalue weighted by Crippen LogP contribution is -2.21. The summed E-state index contributed by atoms with van der Waals surface area (Å²) in [6, 6.07) is 13.0. The molecule has 2 heterocycles. The molecule has 4 aromatic rings. The maximum atomic E-state index is 12.4. The number of aromatic nitrogens is 3. The van der Waals surface area contributed by atoms with E-state index in [0.717, 1.165) is 20.9 Å². The highest BCUT2D eigenvalue weighted by Crippen LogP contribution is 2.24. The quantitative estimate of drug-likeness (QED) is 0.574. The van der Waals surface area contributed by atoms with Crippen LogP contribution < -0.4 is 10.9 Å². The minimum absolute atomic E-state index is 0.0719. The van der Waals surface area contributed by atoms with Gasteiger partial charge < -0.3 is 5.32 Å². The summed E-state index contributed by atoms with van der Waals surface area (Å²) in [5.74, 6) is -0.0719. The highest BCUT2D eigenvalue weighted by atomic mass is 32.1. The number of hydrogen-bond acceptors (Lipinski definition) is 5. The van der Waals surface area contributed by atoms with E-state index in [1.807, 2.05) is 43.3 Å². The van der Waals surface area contributed by atoms with Gasteiger partial charge in [-0.15, -0.1) is 11.3 Å². The second kappa shape index (κ2) is 7.28. The van der Waals surface area contributed by atoms with E-state index in [9.17, 15) is 9.59 Å². The summed E-state index contributed by atoms with van der Waals surface area (Å²) >= 11 is 1.60. The average Bonchev–Trinajstić information content (AvgIpc) is 3.03. The molecule has 0 atom stereocenters. The maximum Gasteiger partial charge on any atom is 0.261 e. The topological polar surface area (TPSA) is 76.9 Å². The molecule has 7 heteroatoms. The van der Waals surface area contributed by atoms with E-state index in [4.69, 9.17) is 0 Å². The van der Waals surface area contributed by atoms with Crippen molar-refractivity contribution in [3.8, 4) is 0 Å². The van der Waals surface area contributed by atoms with Crippen LogP contribution in [0.2, 0.25) is 0 Å². The van der Waals surface area contributed by atoms with Crippen LogP contribution >= 0.6 is 11.3 Å². The number of nitrogens with one attached hydrogen (secondary N) is 1. The maximum absolute atomic E-state index is 12.4. The fourth-order valence-electron chi connectivity index (χ4n) is 3.02. The highest BCUT2D eigenvalue weighted by molar-refractivity contribution is 7.18. The summed E-state index contributed by atoms with van der Waals surface area (Å²) in [6.45, 7) is 2.42. The Kier molecular flexibility index (Phi) is 4.68. The summed E-state index contributed by atoms with van der Waals surface area (Å²) < 4.78 is 2.61. The molecular weight excluding hydrogens is 360 g/mol. The Morgan fingerprint density at radius 3 is 2.93 bits per heavy atom. The van der Waals surface area contributed by atoms with Gasteiger partial charge in [-0.25, -0.2) is 9.97 Å². The molecule has 0 aliphatic rings. The van der Waals surface area contributed by atoms with Gasteiger partial charge in [-0.1, -0.05) is 12.1 Å². The number of benzene rings is 2. The van der Waals surface area contributed by atoms with E-state index in [2.05, 4.69) is 15.3 Å². The number of anilines is 1. The Hall–Kier alpha value is -3.06. The van der Waals surface area contributed by atoms with Crippen molar-refractivity contribution in [2.75, 3.05) is 5.32 Å². The van der Waals surface area contributed by atoms with Gasteiger partial charge in [0.15, 0.2) is 0 Å². The molecule has 0 saturated carbocycles. The molecular formula is C20H18N4O2S. The van der Waals surface area contributed by atoms with Gasteiger partial charge in [0.2, 0.25) is 5.91 Å². The summed E-state index contributed by atoms with van der Waals surface area (Å²) in [7, 11) is 0. The first-order chi connectivity index (χ1) is 13.1. The van der Waals surface area contributed by atoms with Gasteiger partial charge in [0.25, 0.3) is 5.56 Å². The van der Waals surface area contributed by atoms with Crippen molar-refractivity contribution in [2.45, 2.75) is 26.3 Å². The lowest BCUT2D eigenvalue weighted by Gasteiger charge is -2.07. The van der Waals surface area contributed by atoms with Crippen LogP contribution in [-0.2, 0) is 11.3 Å². The standard InChI is InChI=1S/C20H18N4O2S/c1-13-22-17-9-8-14(11-18(17)27-13)23-19(25)7-4-10-24-12-21-16-6-3-2-5-15(16)20(24)26/h2-3,5-6,8-9,11-12H,4,7,10H2,1H3,(H,23,25). The number of carbonyl (C=O) groups is 1. The summed E-state index contributed by atoms with van der Waals surface area (Å²) in [5, 5.41) is 4.51. The molecule has 0 aliphatic carbocycles. The van der Waals surface area contributed by atoms with Crippen LogP contribution in [0.25, 0.3) is 21.1 Å². The average molecular weight is 378 g/mol. The first kappa shape index (κ1) is 17.4. The fraction of sp³-hybridized carbons (Fsp3) is 0.200. The molecule has 0 unspecified atom stereocenters. The Balaban J connectivity index is 1.37. The van der Waals surface area contributed by atoms with Crippen molar-refractivity contribution in [1.82, 2.24) is 14.5 Å². The fourth-order valence-corrected chi connectivity index (χ4v) is 3.88. The van der Waals surface area contributed by atoms with Gasteiger partial charge in [-0.05, 0) is 43.7 Å². The van der Waals surface area contributed by atoms with Crippen LogP contribution in [0.5, 0.6) is 0 Å². The van der Waals surface area contributed by atoms with Crippen molar-refractivity contribution in [3.63, 3.8) is 0 Å². The van der Waals surface area contributed by atoms with Crippen LogP contribution in [0.1, 0.15) is 17.8 Å². The Bertz CT molecular complexity index is 1200. The molecule has 27 heavy (non-hydrogen) atoms. The third-order valence-corrected chi connectivity index (χ3v) is 5.25. The smallest absolute Gasteiger partial charge is 0.261 e. The molecule has 0 fully saturated rings. The van der Waals surface area contributed by atoms with Gasteiger partial charge in [-0.3, -0.25) is 14.2 Å². The minimum atomic E-state index is -0.0768. The molecule has 136 valence electrons. The Morgan fingerprint density at radius 1 is 1.19 bits per heavy atom. The zero-order chi connectivity index (χ0) is 18.8. The van der Waals surface area contributed by atoms with Crippen LogP contribution in [-0.4, -0.2) is 20.4 Å². The molecule has 6 nitrogen and oxygen atoms in total. The van der Waals surface area contributed by atoms with E-state index in [1.54, 1.807) is 28.3 Å². The van der Waals surface area contributed by atoms with Gasteiger partial charge in [0.1, 0.15) is 0 Å². The number of carbonyl (C=O) groups excluding carboxylic acids is 1. The number of para-hydroxylation sites is 1. The number of rotatable bonds is 5. The van der Waals surface area contributed by atoms with Crippen LogP contribution in [0.3, 0.4) is 0 Å². The van der Waals surface area contributed by atoms with Crippen molar-refractivity contribution in [1.29, 1.82) is 0 Å². The predicted octanol–water partition coefficient (Wildman–Crippen LogP) is 3.73. The Labute approximate surface area is 159 Å². The first-order valence-electron chi connectivity index (χ1n) is 8.71. The van der Waals surface area contributed by atoms with Crippen molar-refractivity contribution in [3.05, 3.63) is 64.2 Å². The number of thiazole rings is 1. The van der Waals surface area contributed by atoms with E-state index < -0.39 is 0 Å². The van der Waals surface area contributed by atoms with E-state index in [0.29, 0.717) is 30.3 Å². The SMILES string of the molecule is Cc1nc2ccc(NC(=O)CCCn3cnc4ccccc4c3=O)cc2s1. The number of aryl methyl sites for hydroxylation is 2. The highest BCUT2D eigenvalue weighted by Gasteiger charge is 2.07. The van der Waals surface area contributed by atoms with Crippen LogP contribution in [0.4, 0.5) is 5.69 Å². The molecule has 0 saturated heterocycles. The van der Waals surface area contributed by atoms with Gasteiger partial charge in [0.05, 0.1) is 32.5 Å². The van der Waals surface area contributed by atoms with E-state index in [-0.39, 0.29) is 11.5 Å². The summed E-state index contributed by atoms with van der Waals surface area (Å²) in [5.41, 5.74) is 2.32. The molecule has 1 N–H and O–H groups in total. The first-order valence-corrected chi connectivity index (χ1v) is 9.53. The number of hydrogen-bond donors (Lipinski definition) is 1. The van der Waals surface area contributed by atoms with E-state index >= 15 is 0 Å². The minimum Gasteiger partial charge on any atom is -0.326 e. The van der Waals surface area contributed by atoms with Crippen molar-refractivity contribution >= 4 is 44.1 Å². The second-order valence-electron chi connectivity index (χ2n) is 6.33. The Morgan fingerprint density at radius 2 is 2.04 bits per heavy atom. The van der Waals surface area contributed by atoms with Gasteiger partial charge in [-0.2, -0.15) is 0 Å². The lowest BCUT2D eigenvalue weighted by molar-refractivity contribution is -0.116. The third-order valence-electron chi connectivity index (χ3n) is 4.31. The monoisotopic (exact) mass is 378 g/mol. The van der Waals surface area contributed by atoms with Gasteiger partial charge in [0, 0.05) is 18.7 Å². The second-order valence-corrected chi connectivity index (χ2v) is 7.56. The van der Waals surface area contributed by atoms with Crippen molar-refractivity contribution in [2.24, 2.45) is 0 Å². The van der Waals surface area contributed by atoms with Crippen molar-refractivity contribution < 1.29 is 4.79 Å². The predicted molar refractivity (Wildman–Crippen MR) is 108 cm³/mol. The molecule has 0 bridgehead atoms. The normalized spacial score (nSPS) is 11.1. The molecule has 1 amide bonds. The molecule has 0 radical (unpaired) electrons. The third kappa shape index (κ3) is 3.73. The molecule has 2 aromatic heterocycles. The number of nitrogens with zero attached hydrogens (tertiary/aromatic N) is 3. The largest absolute Gasteiger partial charge is 0.326 e. The van der Waals surface area contributed by atoms with Gasteiger partial charge >= 0.3 is 0 Å². The number of fused-ring (bicyclic) bond motifs is 2. The summed E-state index contributed by atoms with van der Waals surface area (Å²) in [6.07, 6.45) is 2.44. The van der Waals surface area contributed by atoms with E-state index in [1.165, 1.54) is 0 Å². The van der Waals surface area contributed by atoms with Crippen LogP contribution in [0, 0.1) is 6.92 Å².